The van der Waals surface area contributed by atoms with Crippen LogP contribution in [0, 0.1) is 5.41 Å². The zero-order valence-electron chi connectivity index (χ0n) is 12.2. The number of aromatic hydroxyl groups is 2. The molecule has 1 aromatic rings. The Morgan fingerprint density at radius 3 is 2.50 bits per heavy atom. The molecule has 0 aliphatic carbocycles. The van der Waals surface area contributed by atoms with Crippen molar-refractivity contribution in [2.45, 2.75) is 45.8 Å². The second kappa shape index (κ2) is 6.20. The minimum Gasteiger partial charge on any atom is -0.504 e. The second-order valence-electron chi connectivity index (χ2n) is 6.45. The Bertz CT molecular complexity index is 471. The predicted octanol–water partition coefficient (Wildman–Crippen LogP) is 2.90. The van der Waals surface area contributed by atoms with E-state index < -0.39 is 0 Å². The number of nitrogens with two attached hydrogens (primary N) is 1. The van der Waals surface area contributed by atoms with Gasteiger partial charge in [0, 0.05) is 18.5 Å². The van der Waals surface area contributed by atoms with Gasteiger partial charge in [-0.15, -0.1) is 12.4 Å². The lowest BCUT2D eigenvalue weighted by atomic mass is 9.84. The average Bonchev–Trinajstić information content (AvgIpc) is 2.31. The molecule has 5 heteroatoms. The standard InChI is InChI=1S/C15H23NO3.ClH/c1-15(2,3)7-9-6-11-10(13(8-16)19-9)4-5-12(17)14(11)18;/h4-5,9,13,17-18H,6-8,16H2,1-3H3;1H. The fourth-order valence-electron chi connectivity index (χ4n) is 2.72. The van der Waals surface area contributed by atoms with Gasteiger partial charge in [-0.05, 0) is 23.5 Å². The molecule has 2 rings (SSSR count). The number of fused-ring (bicyclic) bond motifs is 1. The summed E-state index contributed by atoms with van der Waals surface area (Å²) >= 11 is 0. The highest BCUT2D eigenvalue weighted by molar-refractivity contribution is 5.85. The molecule has 4 N–H and O–H groups in total. The second-order valence-corrected chi connectivity index (χ2v) is 6.45. The van der Waals surface area contributed by atoms with Crippen molar-refractivity contribution in [3.63, 3.8) is 0 Å². The van der Waals surface area contributed by atoms with Gasteiger partial charge in [0.05, 0.1) is 12.2 Å². The van der Waals surface area contributed by atoms with Crippen molar-refractivity contribution in [1.82, 2.24) is 0 Å². The van der Waals surface area contributed by atoms with Crippen LogP contribution < -0.4 is 5.73 Å². The van der Waals surface area contributed by atoms with Gasteiger partial charge in [-0.2, -0.15) is 0 Å². The minimum atomic E-state index is -0.206. The molecule has 1 heterocycles. The predicted molar refractivity (Wildman–Crippen MR) is 81.5 cm³/mol. The zero-order chi connectivity index (χ0) is 14.2. The molecule has 0 amide bonds. The molecule has 0 aromatic heterocycles. The molecule has 2 atom stereocenters. The molecule has 2 unspecified atom stereocenters. The summed E-state index contributed by atoms with van der Waals surface area (Å²) in [7, 11) is 0. The number of phenols is 2. The lowest BCUT2D eigenvalue weighted by Crippen LogP contribution is -2.32. The van der Waals surface area contributed by atoms with E-state index in [-0.39, 0.29) is 41.5 Å². The lowest BCUT2D eigenvalue weighted by Gasteiger charge is -2.35. The molecule has 114 valence electrons. The number of halogens is 1. The topological polar surface area (TPSA) is 75.7 Å². The van der Waals surface area contributed by atoms with Crippen LogP contribution in [0.25, 0.3) is 0 Å². The number of phenolic OH excluding ortho intramolecular Hbond substituents is 2. The van der Waals surface area contributed by atoms with E-state index in [0.717, 1.165) is 17.5 Å². The molecule has 1 aromatic carbocycles. The first-order valence-electron chi connectivity index (χ1n) is 6.71. The maximum atomic E-state index is 10.0. The summed E-state index contributed by atoms with van der Waals surface area (Å²) in [5, 5.41) is 19.7. The number of rotatable bonds is 2. The number of benzene rings is 1. The van der Waals surface area contributed by atoms with Gasteiger partial charge in [0.1, 0.15) is 0 Å². The molecule has 1 aliphatic rings. The summed E-state index contributed by atoms with van der Waals surface area (Å²) in [4.78, 5) is 0. The Morgan fingerprint density at radius 1 is 1.30 bits per heavy atom. The quantitative estimate of drug-likeness (QED) is 0.734. The van der Waals surface area contributed by atoms with Crippen LogP contribution in [0.4, 0.5) is 0 Å². The molecule has 20 heavy (non-hydrogen) atoms. The van der Waals surface area contributed by atoms with Crippen molar-refractivity contribution >= 4 is 12.4 Å². The summed E-state index contributed by atoms with van der Waals surface area (Å²) in [6.45, 7) is 6.85. The third-order valence-corrected chi connectivity index (χ3v) is 3.49. The van der Waals surface area contributed by atoms with Crippen LogP contribution in [0.2, 0.25) is 0 Å². The maximum Gasteiger partial charge on any atom is 0.161 e. The third kappa shape index (κ3) is 3.57. The molecule has 0 radical (unpaired) electrons. The Labute approximate surface area is 126 Å². The van der Waals surface area contributed by atoms with Gasteiger partial charge in [0.15, 0.2) is 11.5 Å². The van der Waals surface area contributed by atoms with Crippen molar-refractivity contribution < 1.29 is 14.9 Å². The highest BCUT2D eigenvalue weighted by Gasteiger charge is 2.31. The first-order valence-corrected chi connectivity index (χ1v) is 6.71. The SMILES string of the molecule is CC(C)(C)CC1Cc2c(ccc(O)c2O)C(CN)O1.Cl. The van der Waals surface area contributed by atoms with Gasteiger partial charge >= 0.3 is 0 Å². The van der Waals surface area contributed by atoms with Gasteiger partial charge in [-0.25, -0.2) is 0 Å². The summed E-state index contributed by atoms with van der Waals surface area (Å²) in [5.41, 5.74) is 7.58. The van der Waals surface area contributed by atoms with Crippen molar-refractivity contribution in [2.24, 2.45) is 11.1 Å². The highest BCUT2D eigenvalue weighted by Crippen LogP contribution is 2.41. The van der Waals surface area contributed by atoms with Crippen LogP contribution in [-0.2, 0) is 11.2 Å². The average molecular weight is 302 g/mol. The fourth-order valence-corrected chi connectivity index (χ4v) is 2.72. The molecule has 0 saturated heterocycles. The maximum absolute atomic E-state index is 10.0. The molecule has 1 aliphatic heterocycles. The summed E-state index contributed by atoms with van der Waals surface area (Å²) < 4.78 is 6.02. The molecule has 0 saturated carbocycles. The van der Waals surface area contributed by atoms with Crippen LogP contribution >= 0.6 is 12.4 Å². The van der Waals surface area contributed by atoms with Gasteiger partial charge in [-0.3, -0.25) is 0 Å². The fraction of sp³-hybridized carbons (Fsp3) is 0.600. The van der Waals surface area contributed by atoms with E-state index in [4.69, 9.17) is 10.5 Å². The van der Waals surface area contributed by atoms with Crippen LogP contribution in [0.5, 0.6) is 11.5 Å². The van der Waals surface area contributed by atoms with E-state index in [9.17, 15) is 10.2 Å². The largest absolute Gasteiger partial charge is 0.504 e. The van der Waals surface area contributed by atoms with Crippen molar-refractivity contribution in [3.8, 4) is 11.5 Å². The third-order valence-electron chi connectivity index (χ3n) is 3.49. The number of ether oxygens (including phenoxy) is 1. The van der Waals surface area contributed by atoms with Crippen LogP contribution in [-0.4, -0.2) is 22.9 Å². The first kappa shape index (κ1) is 17.1. The highest BCUT2D eigenvalue weighted by atomic mass is 35.5. The van der Waals surface area contributed by atoms with E-state index in [1.54, 1.807) is 6.07 Å². The Balaban J connectivity index is 0.00000200. The van der Waals surface area contributed by atoms with Crippen molar-refractivity contribution in [3.05, 3.63) is 23.3 Å². The first-order chi connectivity index (χ1) is 8.81. The van der Waals surface area contributed by atoms with Crippen molar-refractivity contribution in [2.75, 3.05) is 6.54 Å². The van der Waals surface area contributed by atoms with Gasteiger partial charge in [0.2, 0.25) is 0 Å². The lowest BCUT2D eigenvalue weighted by molar-refractivity contribution is -0.0395. The normalized spacial score (nSPS) is 22.0. The van der Waals surface area contributed by atoms with Gasteiger partial charge in [-0.1, -0.05) is 26.8 Å². The van der Waals surface area contributed by atoms with E-state index in [1.165, 1.54) is 6.07 Å². The molecule has 0 bridgehead atoms. The number of hydrogen-bond donors (Lipinski definition) is 3. The molecular formula is C15H24ClNO3. The smallest absolute Gasteiger partial charge is 0.161 e. The van der Waals surface area contributed by atoms with E-state index in [0.29, 0.717) is 13.0 Å². The van der Waals surface area contributed by atoms with E-state index in [1.807, 2.05) is 0 Å². The molecule has 0 spiro atoms. The Morgan fingerprint density at radius 2 is 1.95 bits per heavy atom. The summed E-state index contributed by atoms with van der Waals surface area (Å²) in [5.74, 6) is -0.107. The van der Waals surface area contributed by atoms with Crippen LogP contribution in [0.3, 0.4) is 0 Å². The van der Waals surface area contributed by atoms with E-state index in [2.05, 4.69) is 20.8 Å². The monoisotopic (exact) mass is 301 g/mol. The van der Waals surface area contributed by atoms with Crippen LogP contribution in [0.15, 0.2) is 12.1 Å². The summed E-state index contributed by atoms with van der Waals surface area (Å²) in [6.07, 6.45) is 1.32. The minimum absolute atomic E-state index is 0. The Hall–Kier alpha value is -0.970. The van der Waals surface area contributed by atoms with Gasteiger partial charge in [0.25, 0.3) is 0 Å². The van der Waals surface area contributed by atoms with Gasteiger partial charge < -0.3 is 20.7 Å². The summed E-state index contributed by atoms with van der Waals surface area (Å²) in [6, 6.07) is 3.28. The van der Waals surface area contributed by atoms with Crippen molar-refractivity contribution in [1.29, 1.82) is 0 Å². The molecule has 0 fully saturated rings. The zero-order valence-corrected chi connectivity index (χ0v) is 13.0. The molecular weight excluding hydrogens is 278 g/mol. The van der Waals surface area contributed by atoms with Crippen LogP contribution in [0.1, 0.15) is 44.4 Å². The van der Waals surface area contributed by atoms with E-state index >= 15 is 0 Å². The number of hydrogen-bond acceptors (Lipinski definition) is 4. The Kier molecular flexibility index (Phi) is 5.30. The molecule has 4 nitrogen and oxygen atoms in total.